The van der Waals surface area contributed by atoms with Crippen LogP contribution in [0.2, 0.25) is 0 Å². The van der Waals surface area contributed by atoms with Crippen LogP contribution in [0.5, 0.6) is 5.75 Å². The van der Waals surface area contributed by atoms with E-state index in [-0.39, 0.29) is 11.7 Å². The molecule has 1 atom stereocenters. The van der Waals surface area contributed by atoms with Gasteiger partial charge in [0.2, 0.25) is 0 Å². The van der Waals surface area contributed by atoms with Crippen molar-refractivity contribution in [1.29, 1.82) is 0 Å². The van der Waals surface area contributed by atoms with Gasteiger partial charge >= 0.3 is 0 Å². The number of amides is 1. The topological polar surface area (TPSA) is 61.4 Å². The van der Waals surface area contributed by atoms with E-state index in [0.717, 1.165) is 18.5 Å². The Morgan fingerprint density at radius 3 is 3.06 bits per heavy atom. The maximum atomic E-state index is 11.9. The Kier molecular flexibility index (Phi) is 4.20. The summed E-state index contributed by atoms with van der Waals surface area (Å²) in [6.07, 6.45) is 3.41. The highest BCUT2D eigenvalue weighted by molar-refractivity contribution is 5.94. The van der Waals surface area contributed by atoms with E-state index in [0.29, 0.717) is 18.2 Å². The maximum Gasteiger partial charge on any atom is 0.251 e. The third-order valence-corrected chi connectivity index (χ3v) is 3.40. The molecule has 0 radical (unpaired) electrons. The summed E-state index contributed by atoms with van der Waals surface area (Å²) in [5.74, 6) is 0.151. The van der Waals surface area contributed by atoms with Gasteiger partial charge in [-0.25, -0.2) is 0 Å². The number of carbonyl (C=O) groups is 1. The number of benzene rings is 1. The first-order chi connectivity index (χ1) is 8.66. The lowest BCUT2D eigenvalue weighted by molar-refractivity contribution is 0.0952. The van der Waals surface area contributed by atoms with Crippen LogP contribution in [0.3, 0.4) is 0 Å². The summed E-state index contributed by atoms with van der Waals surface area (Å²) in [6, 6.07) is 5.46. The van der Waals surface area contributed by atoms with E-state index in [1.165, 1.54) is 12.8 Å². The lowest BCUT2D eigenvalue weighted by Gasteiger charge is -2.11. The van der Waals surface area contributed by atoms with Crippen molar-refractivity contribution in [2.45, 2.75) is 32.2 Å². The molecule has 1 aromatic rings. The summed E-state index contributed by atoms with van der Waals surface area (Å²) in [5, 5.41) is 15.7. The number of phenols is 1. The first-order valence-corrected chi connectivity index (χ1v) is 6.48. The van der Waals surface area contributed by atoms with Gasteiger partial charge in [0, 0.05) is 18.2 Å². The van der Waals surface area contributed by atoms with Gasteiger partial charge in [0.05, 0.1) is 0 Å². The van der Waals surface area contributed by atoms with Crippen molar-refractivity contribution < 1.29 is 9.90 Å². The predicted octanol–water partition coefficient (Wildman–Crippen LogP) is 1.57. The summed E-state index contributed by atoms with van der Waals surface area (Å²) in [6.45, 7) is 3.57. The van der Waals surface area contributed by atoms with Crippen molar-refractivity contribution in [3.63, 3.8) is 0 Å². The molecule has 0 unspecified atom stereocenters. The van der Waals surface area contributed by atoms with Crippen molar-refractivity contribution in [2.24, 2.45) is 0 Å². The number of hydrogen-bond donors (Lipinski definition) is 3. The summed E-state index contributed by atoms with van der Waals surface area (Å²) in [5.41, 5.74) is 1.32. The van der Waals surface area contributed by atoms with E-state index < -0.39 is 0 Å². The van der Waals surface area contributed by atoms with Crippen molar-refractivity contribution >= 4 is 5.91 Å². The molecule has 1 saturated heterocycles. The van der Waals surface area contributed by atoms with E-state index in [4.69, 9.17) is 0 Å². The van der Waals surface area contributed by atoms with Gasteiger partial charge in [-0.3, -0.25) is 4.79 Å². The molecule has 1 fully saturated rings. The Morgan fingerprint density at radius 2 is 2.39 bits per heavy atom. The molecule has 98 valence electrons. The molecular formula is C14H20N2O2. The summed E-state index contributed by atoms with van der Waals surface area (Å²) < 4.78 is 0. The van der Waals surface area contributed by atoms with Gasteiger partial charge in [-0.05, 0) is 56.5 Å². The van der Waals surface area contributed by atoms with Crippen LogP contribution in [0.25, 0.3) is 0 Å². The molecule has 18 heavy (non-hydrogen) atoms. The zero-order valence-corrected chi connectivity index (χ0v) is 10.7. The fourth-order valence-corrected chi connectivity index (χ4v) is 2.26. The quantitative estimate of drug-likeness (QED) is 0.758. The van der Waals surface area contributed by atoms with Gasteiger partial charge in [-0.15, -0.1) is 0 Å². The standard InChI is InChI=1S/C14H20N2O2/c1-10-9-11(4-5-13(10)17)14(18)16-8-6-12-3-2-7-15-12/h4-5,9,12,15,17H,2-3,6-8H2,1H3,(H,16,18)/t12-/m0/s1. The van der Waals surface area contributed by atoms with Crippen molar-refractivity contribution in [3.8, 4) is 5.75 Å². The van der Waals surface area contributed by atoms with Crippen LogP contribution in [0.15, 0.2) is 18.2 Å². The van der Waals surface area contributed by atoms with E-state index in [9.17, 15) is 9.90 Å². The number of aryl methyl sites for hydroxylation is 1. The van der Waals surface area contributed by atoms with Crippen LogP contribution in [0.4, 0.5) is 0 Å². The van der Waals surface area contributed by atoms with Gasteiger partial charge in [-0.1, -0.05) is 0 Å². The zero-order valence-electron chi connectivity index (χ0n) is 10.7. The second-order valence-corrected chi connectivity index (χ2v) is 4.84. The van der Waals surface area contributed by atoms with E-state index >= 15 is 0 Å². The average Bonchev–Trinajstić information content (AvgIpc) is 2.85. The van der Waals surface area contributed by atoms with Gasteiger partial charge in [0.1, 0.15) is 5.75 Å². The van der Waals surface area contributed by atoms with Crippen LogP contribution >= 0.6 is 0 Å². The molecule has 1 aliphatic heterocycles. The molecule has 0 saturated carbocycles. The number of rotatable bonds is 4. The monoisotopic (exact) mass is 248 g/mol. The number of hydrogen-bond acceptors (Lipinski definition) is 3. The lowest BCUT2D eigenvalue weighted by atomic mass is 10.1. The molecule has 4 heteroatoms. The van der Waals surface area contributed by atoms with E-state index in [2.05, 4.69) is 10.6 Å². The zero-order chi connectivity index (χ0) is 13.0. The third kappa shape index (κ3) is 3.23. The van der Waals surface area contributed by atoms with E-state index in [1.807, 2.05) is 0 Å². The molecule has 2 rings (SSSR count). The molecule has 3 N–H and O–H groups in total. The molecule has 1 heterocycles. The highest BCUT2D eigenvalue weighted by atomic mass is 16.3. The lowest BCUT2D eigenvalue weighted by Crippen LogP contribution is -2.30. The fourth-order valence-electron chi connectivity index (χ4n) is 2.26. The maximum absolute atomic E-state index is 11.9. The first-order valence-electron chi connectivity index (χ1n) is 6.48. The van der Waals surface area contributed by atoms with Gasteiger partial charge in [-0.2, -0.15) is 0 Å². The van der Waals surface area contributed by atoms with Gasteiger partial charge in [0.15, 0.2) is 0 Å². The number of aromatic hydroxyl groups is 1. The van der Waals surface area contributed by atoms with Crippen molar-refractivity contribution in [1.82, 2.24) is 10.6 Å². The van der Waals surface area contributed by atoms with Crippen LogP contribution in [-0.2, 0) is 0 Å². The molecule has 0 spiro atoms. The van der Waals surface area contributed by atoms with Crippen LogP contribution in [-0.4, -0.2) is 30.1 Å². The summed E-state index contributed by atoms with van der Waals surface area (Å²) in [4.78, 5) is 11.9. The highest BCUT2D eigenvalue weighted by Gasteiger charge is 2.14. The van der Waals surface area contributed by atoms with Crippen LogP contribution in [0.1, 0.15) is 35.2 Å². The number of phenolic OH excluding ortho intramolecular Hbond substituents is 1. The SMILES string of the molecule is Cc1cc(C(=O)NCC[C@@H]2CCCN2)ccc1O. The summed E-state index contributed by atoms with van der Waals surface area (Å²) >= 11 is 0. The Balaban J connectivity index is 1.81. The van der Waals surface area contributed by atoms with Crippen LogP contribution < -0.4 is 10.6 Å². The Bertz CT molecular complexity index is 426. The van der Waals surface area contributed by atoms with Gasteiger partial charge in [0.25, 0.3) is 5.91 Å². The normalized spacial score (nSPS) is 18.8. The molecule has 1 aromatic carbocycles. The largest absolute Gasteiger partial charge is 0.508 e. The first kappa shape index (κ1) is 12.9. The third-order valence-electron chi connectivity index (χ3n) is 3.40. The molecule has 4 nitrogen and oxygen atoms in total. The molecule has 1 amide bonds. The minimum atomic E-state index is -0.0731. The Labute approximate surface area is 107 Å². The predicted molar refractivity (Wildman–Crippen MR) is 70.8 cm³/mol. The Morgan fingerprint density at radius 1 is 1.56 bits per heavy atom. The fraction of sp³-hybridized carbons (Fsp3) is 0.500. The summed E-state index contributed by atoms with van der Waals surface area (Å²) in [7, 11) is 0. The minimum absolute atomic E-state index is 0.0731. The van der Waals surface area contributed by atoms with Crippen LogP contribution in [0, 0.1) is 6.92 Å². The molecule has 0 aliphatic carbocycles. The second kappa shape index (κ2) is 5.87. The Hall–Kier alpha value is -1.55. The number of nitrogens with one attached hydrogen (secondary N) is 2. The molecular weight excluding hydrogens is 228 g/mol. The van der Waals surface area contributed by atoms with Gasteiger partial charge < -0.3 is 15.7 Å². The molecule has 0 bridgehead atoms. The smallest absolute Gasteiger partial charge is 0.251 e. The molecule has 0 aromatic heterocycles. The van der Waals surface area contributed by atoms with Crippen molar-refractivity contribution in [3.05, 3.63) is 29.3 Å². The average molecular weight is 248 g/mol. The molecule has 1 aliphatic rings. The number of carbonyl (C=O) groups excluding carboxylic acids is 1. The minimum Gasteiger partial charge on any atom is -0.508 e. The highest BCUT2D eigenvalue weighted by Crippen LogP contribution is 2.16. The second-order valence-electron chi connectivity index (χ2n) is 4.84. The van der Waals surface area contributed by atoms with E-state index in [1.54, 1.807) is 25.1 Å². The van der Waals surface area contributed by atoms with Crippen molar-refractivity contribution in [2.75, 3.05) is 13.1 Å².